The van der Waals surface area contributed by atoms with E-state index in [1.165, 1.54) is 0 Å². The molecule has 0 saturated heterocycles. The minimum Gasteiger partial charge on any atom is -0.382 e. The monoisotopic (exact) mass is 423 g/mol. The third kappa shape index (κ3) is 3.35. The van der Waals surface area contributed by atoms with Gasteiger partial charge in [0.1, 0.15) is 11.9 Å². The number of rotatable bonds is 5. The Morgan fingerprint density at radius 1 is 1.03 bits per heavy atom. The molecule has 0 aliphatic carbocycles. The van der Waals surface area contributed by atoms with E-state index in [0.717, 1.165) is 39.6 Å². The first kappa shape index (κ1) is 20.3. The van der Waals surface area contributed by atoms with Crippen LogP contribution in [-0.2, 0) is 23.1 Å². The Hall–Kier alpha value is -3.57. The lowest BCUT2D eigenvalue weighted by Gasteiger charge is -2.24. The molecule has 2 N–H and O–H groups in total. The summed E-state index contributed by atoms with van der Waals surface area (Å²) in [6, 6.07) is 21.5. The molecular formula is C27H25N3O2. The van der Waals surface area contributed by atoms with E-state index in [-0.39, 0.29) is 5.91 Å². The van der Waals surface area contributed by atoms with Crippen LogP contribution < -0.4 is 5.32 Å². The third-order valence-corrected chi connectivity index (χ3v) is 6.49. The Kier molecular flexibility index (Phi) is 4.98. The number of carbonyl (C=O) groups excluding carboxylic acids is 1. The van der Waals surface area contributed by atoms with Crippen LogP contribution in [0, 0.1) is 0 Å². The van der Waals surface area contributed by atoms with Gasteiger partial charge < -0.3 is 10.4 Å². The summed E-state index contributed by atoms with van der Waals surface area (Å²) in [4.78, 5) is 22.0. The van der Waals surface area contributed by atoms with Crippen LogP contribution in [0.25, 0.3) is 10.9 Å². The number of nitrogens with one attached hydrogen (secondary N) is 1. The molecule has 5 nitrogen and oxygen atoms in total. The molecule has 2 aromatic carbocycles. The SMILES string of the molecule is CCc1cc2nc(C(O)c3ccccc3)ccc2cc1CC1(C)C(=O)Nc2ncccc21. The predicted molar refractivity (Wildman–Crippen MR) is 126 cm³/mol. The van der Waals surface area contributed by atoms with Gasteiger partial charge in [0.2, 0.25) is 5.91 Å². The second-order valence-corrected chi connectivity index (χ2v) is 8.58. The van der Waals surface area contributed by atoms with Gasteiger partial charge in [0.25, 0.3) is 0 Å². The van der Waals surface area contributed by atoms with E-state index in [1.54, 1.807) is 6.20 Å². The molecule has 1 aliphatic heterocycles. The number of hydrogen-bond donors (Lipinski definition) is 2. The molecule has 4 aromatic rings. The maximum absolute atomic E-state index is 12.9. The van der Waals surface area contributed by atoms with Crippen molar-refractivity contribution in [3.8, 4) is 0 Å². The van der Waals surface area contributed by atoms with Crippen molar-refractivity contribution < 1.29 is 9.90 Å². The molecule has 160 valence electrons. The lowest BCUT2D eigenvalue weighted by Crippen LogP contribution is -2.33. The fourth-order valence-electron chi connectivity index (χ4n) is 4.60. The molecule has 2 atom stereocenters. The number of carbonyl (C=O) groups is 1. The van der Waals surface area contributed by atoms with Crippen molar-refractivity contribution in [2.45, 2.75) is 38.2 Å². The van der Waals surface area contributed by atoms with E-state index >= 15 is 0 Å². The van der Waals surface area contributed by atoms with Gasteiger partial charge in [-0.05, 0) is 60.7 Å². The van der Waals surface area contributed by atoms with Gasteiger partial charge >= 0.3 is 0 Å². The Bertz CT molecular complexity index is 1320. The van der Waals surface area contributed by atoms with Crippen molar-refractivity contribution in [1.82, 2.24) is 9.97 Å². The summed E-state index contributed by atoms with van der Waals surface area (Å²) >= 11 is 0. The highest BCUT2D eigenvalue weighted by Crippen LogP contribution is 2.39. The van der Waals surface area contributed by atoms with Crippen molar-refractivity contribution in [2.24, 2.45) is 0 Å². The Morgan fingerprint density at radius 2 is 1.84 bits per heavy atom. The third-order valence-electron chi connectivity index (χ3n) is 6.49. The summed E-state index contributed by atoms with van der Waals surface area (Å²) in [5.41, 5.74) is 4.85. The summed E-state index contributed by atoms with van der Waals surface area (Å²) in [7, 11) is 0. The number of aliphatic hydroxyl groups is 1. The van der Waals surface area contributed by atoms with E-state index in [4.69, 9.17) is 4.98 Å². The van der Waals surface area contributed by atoms with Gasteiger partial charge in [-0.25, -0.2) is 9.97 Å². The number of nitrogens with zero attached hydrogens (tertiary/aromatic N) is 2. The first-order valence-electron chi connectivity index (χ1n) is 10.9. The zero-order valence-electron chi connectivity index (χ0n) is 18.2. The maximum atomic E-state index is 12.9. The number of aliphatic hydroxyl groups excluding tert-OH is 1. The van der Waals surface area contributed by atoms with Crippen molar-refractivity contribution in [3.05, 3.63) is 101 Å². The molecule has 2 unspecified atom stereocenters. The molecule has 1 aliphatic rings. The topological polar surface area (TPSA) is 75.1 Å². The summed E-state index contributed by atoms with van der Waals surface area (Å²) in [5, 5.41) is 14.7. The van der Waals surface area contributed by atoms with E-state index in [0.29, 0.717) is 17.9 Å². The second kappa shape index (κ2) is 7.84. The lowest BCUT2D eigenvalue weighted by atomic mass is 9.77. The molecule has 0 spiro atoms. The van der Waals surface area contributed by atoms with E-state index in [1.807, 2.05) is 61.5 Å². The second-order valence-electron chi connectivity index (χ2n) is 8.58. The number of aryl methyl sites for hydroxylation is 1. The zero-order chi connectivity index (χ0) is 22.3. The van der Waals surface area contributed by atoms with Gasteiger partial charge in [-0.15, -0.1) is 0 Å². The molecule has 5 heteroatoms. The molecule has 1 amide bonds. The number of amides is 1. The quantitative estimate of drug-likeness (QED) is 0.487. The van der Waals surface area contributed by atoms with Crippen molar-refractivity contribution in [1.29, 1.82) is 0 Å². The molecule has 0 saturated carbocycles. The average molecular weight is 424 g/mol. The molecular weight excluding hydrogens is 398 g/mol. The minimum atomic E-state index is -0.768. The molecule has 0 bridgehead atoms. The van der Waals surface area contributed by atoms with Crippen molar-refractivity contribution in [2.75, 3.05) is 5.32 Å². The lowest BCUT2D eigenvalue weighted by molar-refractivity contribution is -0.120. The number of fused-ring (bicyclic) bond motifs is 2. The van der Waals surface area contributed by atoms with Gasteiger partial charge in [-0.3, -0.25) is 4.79 Å². The van der Waals surface area contributed by atoms with Gasteiger partial charge in [-0.1, -0.05) is 49.4 Å². The summed E-state index contributed by atoms with van der Waals surface area (Å²) in [6.07, 6.45) is 2.35. The number of pyridine rings is 2. The largest absolute Gasteiger partial charge is 0.382 e. The highest BCUT2D eigenvalue weighted by atomic mass is 16.3. The van der Waals surface area contributed by atoms with Crippen LogP contribution in [0.5, 0.6) is 0 Å². The number of hydrogen-bond acceptors (Lipinski definition) is 4. The predicted octanol–water partition coefficient (Wildman–Crippen LogP) is 4.73. The molecule has 0 radical (unpaired) electrons. The van der Waals surface area contributed by atoms with Crippen LogP contribution in [0.15, 0.2) is 72.9 Å². The van der Waals surface area contributed by atoms with Crippen molar-refractivity contribution >= 4 is 22.6 Å². The Morgan fingerprint density at radius 3 is 2.62 bits per heavy atom. The molecule has 5 rings (SSSR count). The van der Waals surface area contributed by atoms with E-state index in [2.05, 4.69) is 29.4 Å². The molecule has 0 fully saturated rings. The fourth-order valence-corrected chi connectivity index (χ4v) is 4.60. The van der Waals surface area contributed by atoms with Gasteiger partial charge in [0.15, 0.2) is 0 Å². The number of aromatic nitrogens is 2. The standard InChI is InChI=1S/C27H25N3O2/c1-3-17-15-23-19(11-12-22(29-23)24(31)18-8-5-4-6-9-18)14-20(17)16-27(2)21-10-7-13-28-25(21)30-26(27)32/h4-15,24,31H,3,16H2,1-2H3,(H,28,30,32). The summed E-state index contributed by atoms with van der Waals surface area (Å²) < 4.78 is 0. The smallest absolute Gasteiger partial charge is 0.236 e. The van der Waals surface area contributed by atoms with Crippen LogP contribution in [0.1, 0.15) is 47.9 Å². The fraction of sp³-hybridized carbons (Fsp3) is 0.222. The van der Waals surface area contributed by atoms with Crippen molar-refractivity contribution in [3.63, 3.8) is 0 Å². The maximum Gasteiger partial charge on any atom is 0.236 e. The van der Waals surface area contributed by atoms with Crippen LogP contribution in [-0.4, -0.2) is 21.0 Å². The first-order valence-corrected chi connectivity index (χ1v) is 10.9. The van der Waals surface area contributed by atoms with Crippen LogP contribution in [0.2, 0.25) is 0 Å². The number of anilines is 1. The average Bonchev–Trinajstić information content (AvgIpc) is 3.08. The van der Waals surface area contributed by atoms with Gasteiger partial charge in [0, 0.05) is 17.1 Å². The number of benzene rings is 2. The highest BCUT2D eigenvalue weighted by Gasteiger charge is 2.43. The highest BCUT2D eigenvalue weighted by molar-refractivity contribution is 6.05. The Labute approximate surface area is 187 Å². The summed E-state index contributed by atoms with van der Waals surface area (Å²) in [6.45, 7) is 4.09. The minimum absolute atomic E-state index is 0.0205. The van der Waals surface area contributed by atoms with Crippen LogP contribution in [0.4, 0.5) is 5.82 Å². The van der Waals surface area contributed by atoms with E-state index in [9.17, 15) is 9.90 Å². The normalized spacial score (nSPS) is 18.4. The first-order chi connectivity index (χ1) is 15.5. The van der Waals surface area contributed by atoms with Gasteiger partial charge in [-0.2, -0.15) is 0 Å². The molecule has 32 heavy (non-hydrogen) atoms. The molecule has 3 heterocycles. The van der Waals surface area contributed by atoms with E-state index < -0.39 is 11.5 Å². The Balaban J connectivity index is 1.53. The zero-order valence-corrected chi connectivity index (χ0v) is 18.2. The van der Waals surface area contributed by atoms with Crippen LogP contribution in [0.3, 0.4) is 0 Å². The summed E-state index contributed by atoms with van der Waals surface area (Å²) in [5.74, 6) is 0.632. The van der Waals surface area contributed by atoms with Crippen LogP contribution >= 0.6 is 0 Å². The molecule has 2 aromatic heterocycles. The van der Waals surface area contributed by atoms with Gasteiger partial charge in [0.05, 0.1) is 16.6 Å².